The van der Waals surface area contributed by atoms with Gasteiger partial charge >= 0.3 is 12.1 Å². The second kappa shape index (κ2) is 9.41. The van der Waals surface area contributed by atoms with Crippen LogP contribution in [0.15, 0.2) is 53.7 Å². The Hall–Kier alpha value is -4.26. The number of aryl methyl sites for hydroxylation is 1. The van der Waals surface area contributed by atoms with E-state index in [-0.39, 0.29) is 34.5 Å². The number of carbonyl (C=O) groups is 1. The highest BCUT2D eigenvalue weighted by Crippen LogP contribution is 2.31. The summed E-state index contributed by atoms with van der Waals surface area (Å²) in [6.45, 7) is 1.76. The van der Waals surface area contributed by atoms with E-state index in [1.165, 1.54) is 24.5 Å². The molecule has 0 aliphatic rings. The number of anilines is 2. The van der Waals surface area contributed by atoms with Gasteiger partial charge in [0, 0.05) is 41.9 Å². The summed E-state index contributed by atoms with van der Waals surface area (Å²) < 4.78 is 55.1. The fourth-order valence-electron chi connectivity index (χ4n) is 3.28. The van der Waals surface area contributed by atoms with Crippen LogP contribution in [0.1, 0.15) is 23.0 Å². The molecule has 0 aliphatic carbocycles. The molecule has 0 saturated heterocycles. The summed E-state index contributed by atoms with van der Waals surface area (Å²) in [6, 6.07) is 5.54. The van der Waals surface area contributed by atoms with Crippen LogP contribution in [0.25, 0.3) is 16.9 Å². The van der Waals surface area contributed by atoms with E-state index in [4.69, 9.17) is 11.6 Å². The maximum Gasteiger partial charge on any atom is 0.435 e. The van der Waals surface area contributed by atoms with Gasteiger partial charge in [0.05, 0.1) is 5.02 Å². The number of pyridine rings is 1. The number of nitrogens with one attached hydrogen (secondary N) is 1. The third-order valence-corrected chi connectivity index (χ3v) is 5.30. The van der Waals surface area contributed by atoms with Gasteiger partial charge < -0.3 is 15.0 Å². The van der Waals surface area contributed by atoms with Gasteiger partial charge in [0.15, 0.2) is 11.5 Å². The second-order valence-electron chi connectivity index (χ2n) is 7.37. The lowest BCUT2D eigenvalue weighted by atomic mass is 10.1. The summed E-state index contributed by atoms with van der Waals surface area (Å²) in [6.07, 6.45) is -1.12. The van der Waals surface area contributed by atoms with Gasteiger partial charge in [-0.25, -0.2) is 18.9 Å². The lowest BCUT2D eigenvalue weighted by Gasteiger charge is -2.14. The molecule has 3 heterocycles. The monoisotopic (exact) mass is 522 g/mol. The van der Waals surface area contributed by atoms with Crippen LogP contribution in [0.2, 0.25) is 5.02 Å². The van der Waals surface area contributed by atoms with Gasteiger partial charge in [-0.05, 0) is 37.3 Å². The molecule has 3 aromatic heterocycles. The quantitative estimate of drug-likeness (QED) is 0.351. The summed E-state index contributed by atoms with van der Waals surface area (Å²) in [5.74, 6) is -2.37. The largest absolute Gasteiger partial charge is 0.477 e. The van der Waals surface area contributed by atoms with Crippen LogP contribution in [-0.4, -0.2) is 35.4 Å². The zero-order chi connectivity index (χ0) is 26.2. The van der Waals surface area contributed by atoms with Crippen molar-refractivity contribution >= 4 is 29.2 Å². The molecule has 4 aromatic rings. The molecular formula is C22H15ClF4N6O3. The van der Waals surface area contributed by atoms with Crippen molar-refractivity contribution in [2.45, 2.75) is 19.6 Å². The van der Waals surface area contributed by atoms with Crippen LogP contribution in [0.5, 0.6) is 0 Å². The van der Waals surface area contributed by atoms with Gasteiger partial charge in [0.1, 0.15) is 11.4 Å². The van der Waals surface area contributed by atoms with E-state index >= 15 is 0 Å². The molecule has 0 radical (unpaired) electrons. The number of benzene rings is 1. The summed E-state index contributed by atoms with van der Waals surface area (Å²) in [5, 5.41) is 15.6. The second-order valence-corrected chi connectivity index (χ2v) is 7.77. The smallest absolute Gasteiger partial charge is 0.435 e. The number of hydrogen-bond donors (Lipinski definition) is 2. The van der Waals surface area contributed by atoms with Crippen molar-refractivity contribution in [1.82, 2.24) is 24.3 Å². The van der Waals surface area contributed by atoms with E-state index < -0.39 is 34.8 Å². The van der Waals surface area contributed by atoms with Crippen LogP contribution >= 0.6 is 11.6 Å². The van der Waals surface area contributed by atoms with Crippen molar-refractivity contribution < 1.29 is 27.5 Å². The number of aromatic carboxylic acids is 1. The van der Waals surface area contributed by atoms with Gasteiger partial charge in [-0.3, -0.25) is 4.79 Å². The number of alkyl halides is 3. The Morgan fingerprint density at radius 2 is 1.97 bits per heavy atom. The molecule has 0 amide bonds. The van der Waals surface area contributed by atoms with Crippen molar-refractivity contribution in [3.05, 3.63) is 81.4 Å². The standard InChI is InChI=1S/C22H15ClF4N6O3/c1-2-32-10-11(7-13(19(32)34)20(35)36)14-9-28-21(29-12-3-4-16(24)15(23)8-12)30-18(14)33-6-5-17(31-33)22(25,26)27/h3-10H,2H2,1H3,(H,35,36)(H,28,29,30). The van der Waals surface area contributed by atoms with Crippen molar-refractivity contribution in [3.63, 3.8) is 0 Å². The molecule has 0 unspecified atom stereocenters. The number of nitrogens with zero attached hydrogens (tertiary/aromatic N) is 5. The molecular weight excluding hydrogens is 508 g/mol. The zero-order valence-electron chi connectivity index (χ0n) is 18.2. The molecule has 0 atom stereocenters. The molecule has 0 saturated carbocycles. The van der Waals surface area contributed by atoms with Crippen molar-refractivity contribution in [1.29, 1.82) is 0 Å². The third kappa shape index (κ3) is 4.91. The number of carboxylic acids is 1. The number of carboxylic acid groups (broad SMARTS) is 1. The molecule has 9 nitrogen and oxygen atoms in total. The predicted octanol–water partition coefficient (Wildman–Crippen LogP) is 4.76. The summed E-state index contributed by atoms with van der Waals surface area (Å²) in [7, 11) is 0. The van der Waals surface area contributed by atoms with Gasteiger partial charge in [0.25, 0.3) is 5.56 Å². The minimum atomic E-state index is -4.73. The van der Waals surface area contributed by atoms with Crippen LogP contribution in [0.3, 0.4) is 0 Å². The van der Waals surface area contributed by atoms with Gasteiger partial charge in [-0.2, -0.15) is 23.3 Å². The highest BCUT2D eigenvalue weighted by Gasteiger charge is 2.34. The average Bonchev–Trinajstić information content (AvgIpc) is 3.32. The number of hydrogen-bond acceptors (Lipinski definition) is 6. The number of aromatic nitrogens is 5. The van der Waals surface area contributed by atoms with Crippen molar-refractivity contribution in [2.24, 2.45) is 0 Å². The van der Waals surface area contributed by atoms with Crippen molar-refractivity contribution in [3.8, 4) is 16.9 Å². The third-order valence-electron chi connectivity index (χ3n) is 5.01. The topological polar surface area (TPSA) is 115 Å². The van der Waals surface area contributed by atoms with Crippen LogP contribution in [-0.2, 0) is 12.7 Å². The Morgan fingerprint density at radius 1 is 1.22 bits per heavy atom. The molecule has 2 N–H and O–H groups in total. The summed E-state index contributed by atoms with van der Waals surface area (Å²) >= 11 is 5.79. The number of halogens is 5. The Balaban J connectivity index is 1.89. The molecule has 1 aromatic carbocycles. The molecule has 36 heavy (non-hydrogen) atoms. The van der Waals surface area contributed by atoms with Gasteiger partial charge in [-0.1, -0.05) is 11.6 Å². The van der Waals surface area contributed by atoms with E-state index in [0.717, 1.165) is 33.6 Å². The van der Waals surface area contributed by atoms with E-state index in [2.05, 4.69) is 20.4 Å². The minimum absolute atomic E-state index is 0.0947. The Kier molecular flexibility index (Phi) is 6.50. The van der Waals surface area contributed by atoms with E-state index in [1.54, 1.807) is 6.92 Å². The fraction of sp³-hybridized carbons (Fsp3) is 0.136. The zero-order valence-corrected chi connectivity index (χ0v) is 19.0. The Labute approximate surface area is 204 Å². The van der Waals surface area contributed by atoms with Gasteiger partial charge in [0.2, 0.25) is 5.95 Å². The molecule has 0 bridgehead atoms. The maximum absolute atomic E-state index is 13.5. The summed E-state index contributed by atoms with van der Waals surface area (Å²) in [4.78, 5) is 32.4. The van der Waals surface area contributed by atoms with Crippen molar-refractivity contribution in [2.75, 3.05) is 5.32 Å². The molecule has 4 rings (SSSR count). The Bertz CT molecular complexity index is 1530. The Morgan fingerprint density at radius 3 is 2.58 bits per heavy atom. The lowest BCUT2D eigenvalue weighted by Crippen LogP contribution is -2.25. The maximum atomic E-state index is 13.5. The first-order chi connectivity index (χ1) is 17.0. The molecule has 0 spiro atoms. The van der Waals surface area contributed by atoms with Crippen LogP contribution in [0.4, 0.5) is 29.2 Å². The first kappa shape index (κ1) is 24.9. The SMILES string of the molecule is CCn1cc(-c2cnc(Nc3ccc(F)c(Cl)c3)nc2-n2ccc(C(F)(F)F)n2)cc(C(=O)O)c1=O. The highest BCUT2D eigenvalue weighted by molar-refractivity contribution is 6.31. The fourth-order valence-corrected chi connectivity index (χ4v) is 3.46. The molecule has 0 fully saturated rings. The first-order valence-electron chi connectivity index (χ1n) is 10.2. The number of rotatable bonds is 6. The molecule has 0 aliphatic heterocycles. The average molecular weight is 523 g/mol. The van der Waals surface area contributed by atoms with Crippen LogP contribution in [0, 0.1) is 5.82 Å². The minimum Gasteiger partial charge on any atom is -0.477 e. The van der Waals surface area contributed by atoms with Gasteiger partial charge in [-0.15, -0.1) is 0 Å². The normalized spacial score (nSPS) is 11.5. The van der Waals surface area contributed by atoms with E-state index in [1.807, 2.05) is 0 Å². The predicted molar refractivity (Wildman–Crippen MR) is 121 cm³/mol. The van der Waals surface area contributed by atoms with Crippen LogP contribution < -0.4 is 10.9 Å². The lowest BCUT2D eigenvalue weighted by molar-refractivity contribution is -0.141. The van der Waals surface area contributed by atoms with E-state index in [9.17, 15) is 32.3 Å². The molecule has 14 heteroatoms. The van der Waals surface area contributed by atoms with E-state index in [0.29, 0.717) is 5.69 Å². The first-order valence-corrected chi connectivity index (χ1v) is 10.6. The highest BCUT2D eigenvalue weighted by atomic mass is 35.5. The molecule has 186 valence electrons. The summed E-state index contributed by atoms with van der Waals surface area (Å²) in [5.41, 5.74) is -1.93.